The average Bonchev–Trinajstić information content (AvgIpc) is 2.75. The van der Waals surface area contributed by atoms with Crippen LogP contribution in [0.4, 0.5) is 10.5 Å². The van der Waals surface area contributed by atoms with Gasteiger partial charge in [-0.1, -0.05) is 0 Å². The molecule has 0 unspecified atom stereocenters. The summed E-state index contributed by atoms with van der Waals surface area (Å²) in [6, 6.07) is 3.19. The summed E-state index contributed by atoms with van der Waals surface area (Å²) in [5.74, 6) is 1.21. The minimum Gasteiger partial charge on any atom is -0.486 e. The fourth-order valence-electron chi connectivity index (χ4n) is 3.42. The monoisotopic (exact) mass is 490 g/mol. The molecule has 3 aliphatic heterocycles. The topological polar surface area (TPSA) is 101 Å². The van der Waals surface area contributed by atoms with Crippen LogP contribution in [-0.4, -0.2) is 93.7 Å². The maximum atomic E-state index is 12.7. The molecule has 2 fully saturated rings. The summed E-state index contributed by atoms with van der Waals surface area (Å²) in [5, 5.41) is 2.86. The van der Waals surface area contributed by atoms with Gasteiger partial charge in [0.2, 0.25) is 0 Å². The number of piperazine rings is 1. The number of hydrogen-bond donors (Lipinski definition) is 1. The number of carbonyl (C=O) groups is 1. The fraction of sp³-hybridized carbons (Fsp3) is 0.588. The van der Waals surface area contributed by atoms with Crippen molar-refractivity contribution in [1.29, 1.82) is 0 Å². The number of urea groups is 1. The summed E-state index contributed by atoms with van der Waals surface area (Å²) in [7, 11) is -3.52. The first-order chi connectivity index (χ1) is 13.9. The van der Waals surface area contributed by atoms with Crippen LogP contribution < -0.4 is 14.8 Å². The Morgan fingerprint density at radius 2 is 1.48 bits per heavy atom. The molecule has 0 aliphatic carbocycles. The van der Waals surface area contributed by atoms with Crippen molar-refractivity contribution in [3.63, 3.8) is 0 Å². The minimum absolute atomic E-state index is 0.259. The Bertz CT molecular complexity index is 869. The van der Waals surface area contributed by atoms with Crippen molar-refractivity contribution < 1.29 is 27.4 Å². The molecule has 0 aromatic heterocycles. The second-order valence-electron chi connectivity index (χ2n) is 6.81. The molecule has 160 valence electrons. The molecule has 3 heterocycles. The van der Waals surface area contributed by atoms with E-state index in [0.29, 0.717) is 74.3 Å². The standard InChI is InChI=1S/C17H23BrN4O6S/c18-13-11-15-16(28-10-9-27-15)12-14(13)19-17(23)20-1-3-21(4-2-20)29(24,25)22-5-7-26-8-6-22/h11-12H,1-10H2,(H,19,23). The Labute approximate surface area is 178 Å². The lowest BCUT2D eigenvalue weighted by Crippen LogP contribution is -2.56. The number of anilines is 1. The van der Waals surface area contributed by atoms with Crippen molar-refractivity contribution in [2.75, 3.05) is 71.0 Å². The normalized spacial score (nSPS) is 21.1. The molecule has 29 heavy (non-hydrogen) atoms. The molecule has 0 atom stereocenters. The van der Waals surface area contributed by atoms with Crippen LogP contribution in [-0.2, 0) is 14.9 Å². The van der Waals surface area contributed by atoms with Gasteiger partial charge in [-0.15, -0.1) is 0 Å². The first kappa shape index (κ1) is 20.7. The van der Waals surface area contributed by atoms with Crippen LogP contribution in [0.2, 0.25) is 0 Å². The smallest absolute Gasteiger partial charge is 0.321 e. The number of morpholine rings is 1. The molecule has 3 aliphatic rings. The van der Waals surface area contributed by atoms with Crippen LogP contribution in [0, 0.1) is 0 Å². The SMILES string of the molecule is O=C(Nc1cc2c(cc1Br)OCCO2)N1CCN(S(=O)(=O)N2CCOCC2)CC1. The molecule has 1 N–H and O–H groups in total. The average molecular weight is 491 g/mol. The molecule has 12 heteroatoms. The summed E-state index contributed by atoms with van der Waals surface area (Å²) in [4.78, 5) is 14.3. The zero-order valence-electron chi connectivity index (χ0n) is 15.8. The molecule has 10 nitrogen and oxygen atoms in total. The Kier molecular flexibility index (Phi) is 6.16. The van der Waals surface area contributed by atoms with Gasteiger partial charge in [-0.05, 0) is 15.9 Å². The maximum Gasteiger partial charge on any atom is 0.321 e. The molecule has 0 saturated carbocycles. The number of halogens is 1. The maximum absolute atomic E-state index is 12.7. The lowest BCUT2D eigenvalue weighted by molar-refractivity contribution is 0.0691. The number of nitrogens with one attached hydrogen (secondary N) is 1. The fourth-order valence-corrected chi connectivity index (χ4v) is 5.40. The van der Waals surface area contributed by atoms with Crippen molar-refractivity contribution in [1.82, 2.24) is 13.5 Å². The lowest BCUT2D eigenvalue weighted by Gasteiger charge is -2.37. The molecule has 4 rings (SSSR count). The molecule has 2 saturated heterocycles. The summed E-state index contributed by atoms with van der Waals surface area (Å²) >= 11 is 3.44. The van der Waals surface area contributed by atoms with E-state index in [9.17, 15) is 13.2 Å². The Morgan fingerprint density at radius 3 is 2.14 bits per heavy atom. The number of rotatable bonds is 3. The highest BCUT2D eigenvalue weighted by atomic mass is 79.9. The van der Waals surface area contributed by atoms with Crippen LogP contribution in [0.15, 0.2) is 16.6 Å². The van der Waals surface area contributed by atoms with Crippen molar-refractivity contribution >= 4 is 37.9 Å². The van der Waals surface area contributed by atoms with Crippen LogP contribution in [0.25, 0.3) is 0 Å². The van der Waals surface area contributed by atoms with Gasteiger partial charge in [0, 0.05) is 55.9 Å². The number of benzene rings is 1. The van der Waals surface area contributed by atoms with E-state index in [1.165, 1.54) is 8.61 Å². The quantitative estimate of drug-likeness (QED) is 0.676. The van der Waals surface area contributed by atoms with Crippen molar-refractivity contribution in [2.24, 2.45) is 0 Å². The molecular formula is C17H23BrN4O6S. The molecular weight excluding hydrogens is 468 g/mol. The minimum atomic E-state index is -3.52. The summed E-state index contributed by atoms with van der Waals surface area (Å²) in [5.41, 5.74) is 0.572. The molecule has 0 spiro atoms. The van der Waals surface area contributed by atoms with Crippen molar-refractivity contribution in [3.05, 3.63) is 16.6 Å². The van der Waals surface area contributed by atoms with Crippen LogP contribution in [0.5, 0.6) is 11.5 Å². The van der Waals surface area contributed by atoms with E-state index in [2.05, 4.69) is 21.2 Å². The van der Waals surface area contributed by atoms with Gasteiger partial charge < -0.3 is 24.4 Å². The van der Waals surface area contributed by atoms with E-state index in [4.69, 9.17) is 14.2 Å². The number of hydrogen-bond acceptors (Lipinski definition) is 6. The Balaban J connectivity index is 1.36. The predicted octanol–water partition coefficient (Wildman–Crippen LogP) is 0.947. The molecule has 1 aromatic carbocycles. The van der Waals surface area contributed by atoms with E-state index >= 15 is 0 Å². The zero-order chi connectivity index (χ0) is 20.4. The van der Waals surface area contributed by atoms with Crippen LogP contribution in [0.3, 0.4) is 0 Å². The number of amides is 2. The lowest BCUT2D eigenvalue weighted by atomic mass is 10.2. The van der Waals surface area contributed by atoms with Crippen LogP contribution in [0.1, 0.15) is 0 Å². The van der Waals surface area contributed by atoms with Gasteiger partial charge in [-0.3, -0.25) is 0 Å². The highest BCUT2D eigenvalue weighted by Crippen LogP contribution is 2.38. The largest absolute Gasteiger partial charge is 0.486 e. The molecule has 0 bridgehead atoms. The molecule has 2 amide bonds. The zero-order valence-corrected chi connectivity index (χ0v) is 18.2. The third kappa shape index (κ3) is 4.45. The van der Waals surface area contributed by atoms with Crippen molar-refractivity contribution in [3.8, 4) is 11.5 Å². The number of ether oxygens (including phenoxy) is 3. The summed E-state index contributed by atoms with van der Waals surface area (Å²) < 4.78 is 45.3. The Hall–Kier alpha value is -1.60. The first-order valence-electron chi connectivity index (χ1n) is 9.43. The molecule has 1 aromatic rings. The van der Waals surface area contributed by atoms with Gasteiger partial charge in [0.05, 0.1) is 18.9 Å². The van der Waals surface area contributed by atoms with Gasteiger partial charge in [0.25, 0.3) is 10.2 Å². The van der Waals surface area contributed by atoms with Gasteiger partial charge >= 0.3 is 6.03 Å². The second-order valence-corrected chi connectivity index (χ2v) is 9.59. The van der Waals surface area contributed by atoms with E-state index in [-0.39, 0.29) is 19.1 Å². The van der Waals surface area contributed by atoms with E-state index in [1.54, 1.807) is 17.0 Å². The number of carbonyl (C=O) groups excluding carboxylic acids is 1. The third-order valence-electron chi connectivity index (χ3n) is 5.02. The Morgan fingerprint density at radius 1 is 0.897 bits per heavy atom. The van der Waals surface area contributed by atoms with E-state index in [0.717, 1.165) is 0 Å². The van der Waals surface area contributed by atoms with Gasteiger partial charge in [0.1, 0.15) is 13.2 Å². The van der Waals surface area contributed by atoms with Gasteiger partial charge in [-0.2, -0.15) is 17.0 Å². The third-order valence-corrected chi connectivity index (χ3v) is 7.71. The van der Waals surface area contributed by atoms with E-state index in [1.807, 2.05) is 0 Å². The van der Waals surface area contributed by atoms with Crippen molar-refractivity contribution in [2.45, 2.75) is 0 Å². The van der Waals surface area contributed by atoms with Gasteiger partial charge in [-0.25, -0.2) is 4.79 Å². The summed E-state index contributed by atoms with van der Waals surface area (Å²) in [6.45, 7) is 3.64. The molecule has 0 radical (unpaired) electrons. The highest BCUT2D eigenvalue weighted by Gasteiger charge is 2.34. The van der Waals surface area contributed by atoms with E-state index < -0.39 is 10.2 Å². The first-order valence-corrected chi connectivity index (χ1v) is 11.6. The van der Waals surface area contributed by atoms with Gasteiger partial charge in [0.15, 0.2) is 11.5 Å². The highest BCUT2D eigenvalue weighted by molar-refractivity contribution is 9.10. The predicted molar refractivity (Wildman–Crippen MR) is 109 cm³/mol. The number of nitrogens with zero attached hydrogens (tertiary/aromatic N) is 3. The summed E-state index contributed by atoms with van der Waals surface area (Å²) in [6.07, 6.45) is 0. The van der Waals surface area contributed by atoms with Crippen LogP contribution >= 0.6 is 15.9 Å². The number of fused-ring (bicyclic) bond motifs is 1. The second kappa shape index (κ2) is 8.64.